The summed E-state index contributed by atoms with van der Waals surface area (Å²) in [5, 5.41) is 3.12. The number of hydrogen-bond acceptors (Lipinski definition) is 2. The van der Waals surface area contributed by atoms with Crippen molar-refractivity contribution in [2.45, 2.75) is 25.9 Å². The van der Waals surface area contributed by atoms with Crippen molar-refractivity contribution in [3.05, 3.63) is 36.4 Å². The second-order valence-electron chi connectivity index (χ2n) is 7.15. The van der Waals surface area contributed by atoms with Gasteiger partial charge in [0, 0.05) is 10.6 Å². The Hall–Kier alpha value is -1.10. The minimum Gasteiger partial charge on any atom is -0.488 e. The molecule has 4 heteroatoms. The van der Waals surface area contributed by atoms with E-state index in [2.05, 4.69) is 63.8 Å². The van der Waals surface area contributed by atoms with Crippen LogP contribution < -0.4 is 20.1 Å². The molecule has 2 aliphatic heterocycles. The van der Waals surface area contributed by atoms with Crippen molar-refractivity contribution < 1.29 is 9.47 Å². The van der Waals surface area contributed by atoms with E-state index in [0.717, 1.165) is 24.2 Å². The van der Waals surface area contributed by atoms with Gasteiger partial charge in [0.05, 0.1) is 0 Å². The molecule has 2 nitrogen and oxygen atoms in total. The average molecular weight is 344 g/mol. The maximum Gasteiger partial charge on any atom is 0.128 e. The van der Waals surface area contributed by atoms with Gasteiger partial charge in [-0.3, -0.25) is 0 Å². The van der Waals surface area contributed by atoms with E-state index in [1.807, 2.05) is 0 Å². The Morgan fingerprint density at radius 3 is 2.04 bits per heavy atom. The third-order valence-electron chi connectivity index (χ3n) is 4.51. The molecule has 0 spiro atoms. The van der Waals surface area contributed by atoms with Gasteiger partial charge >= 0.3 is 0 Å². The highest BCUT2D eigenvalue weighted by Gasteiger charge is 2.36. The maximum absolute atomic E-state index is 6.05. The van der Waals surface area contributed by atoms with Gasteiger partial charge in [-0.15, -0.1) is 0 Å². The predicted molar refractivity (Wildman–Crippen MR) is 102 cm³/mol. The first-order valence-corrected chi connectivity index (χ1v) is 11.5. The number of fused-ring (bicyclic) bond motifs is 2. The Morgan fingerprint density at radius 2 is 1.39 bits per heavy atom. The lowest BCUT2D eigenvalue weighted by Crippen LogP contribution is -2.20. The van der Waals surface area contributed by atoms with Crippen LogP contribution in [0.15, 0.2) is 36.4 Å². The minimum atomic E-state index is -0.323. The van der Waals surface area contributed by atoms with Crippen LogP contribution in [0.4, 0.5) is 0 Å². The monoisotopic (exact) mass is 344 g/mol. The van der Waals surface area contributed by atoms with Gasteiger partial charge in [0.15, 0.2) is 0 Å². The van der Waals surface area contributed by atoms with Crippen LogP contribution in [-0.4, -0.2) is 24.5 Å². The molecule has 0 saturated heterocycles. The summed E-state index contributed by atoms with van der Waals surface area (Å²) in [5.41, 5.74) is 2.71. The van der Waals surface area contributed by atoms with E-state index in [9.17, 15) is 0 Å². The zero-order valence-corrected chi connectivity index (χ0v) is 15.9. The number of hydrogen-bond donors (Lipinski definition) is 0. The Morgan fingerprint density at radius 1 is 0.826 bits per heavy atom. The van der Waals surface area contributed by atoms with Gasteiger partial charge in [0.2, 0.25) is 0 Å². The molecule has 0 unspecified atom stereocenters. The summed E-state index contributed by atoms with van der Waals surface area (Å²) in [6.07, 6.45) is 1.69. The van der Waals surface area contributed by atoms with Gasteiger partial charge in [-0.05, 0) is 50.9 Å². The number of rotatable bonds is 1. The summed E-state index contributed by atoms with van der Waals surface area (Å²) < 4.78 is 11.9. The second kappa shape index (κ2) is 5.47. The topological polar surface area (TPSA) is 18.5 Å². The second-order valence-corrected chi connectivity index (χ2v) is 12.2. The Bertz CT molecular complexity index is 764. The largest absolute Gasteiger partial charge is 0.488 e. The van der Waals surface area contributed by atoms with Crippen LogP contribution in [0.25, 0.3) is 11.1 Å². The molecule has 2 heterocycles. The fourth-order valence-electron chi connectivity index (χ4n) is 3.34. The van der Waals surface area contributed by atoms with Crippen molar-refractivity contribution in [3.8, 4) is 22.6 Å². The van der Waals surface area contributed by atoms with E-state index in [4.69, 9.17) is 9.47 Å². The molecule has 120 valence electrons. The Balaban J connectivity index is 1.94. The zero-order valence-electron chi connectivity index (χ0n) is 14.1. The standard InChI is InChI=1S/C19H22O2P2/c1-19(2,3)23-12-21-16-10-6-8-14(18(16)23)13-7-5-9-15-17(13)22(4)11-20-15/h5-10H,11-12H2,1-4H3/t22-,23+/m1/s1. The first kappa shape index (κ1) is 15.4. The van der Waals surface area contributed by atoms with Crippen LogP contribution in [0.3, 0.4) is 0 Å². The molecule has 2 aromatic carbocycles. The lowest BCUT2D eigenvalue weighted by molar-refractivity contribution is 0.400. The van der Waals surface area contributed by atoms with Gasteiger partial charge in [0.25, 0.3) is 0 Å². The molecule has 23 heavy (non-hydrogen) atoms. The fraction of sp³-hybridized carbons (Fsp3) is 0.368. The number of ether oxygens (including phenoxy) is 2. The van der Waals surface area contributed by atoms with Crippen LogP contribution in [0, 0.1) is 0 Å². The quantitative estimate of drug-likeness (QED) is 0.699. The van der Waals surface area contributed by atoms with Crippen LogP contribution >= 0.6 is 15.8 Å². The van der Waals surface area contributed by atoms with Gasteiger partial charge in [-0.2, -0.15) is 0 Å². The molecule has 0 radical (unpaired) electrons. The average Bonchev–Trinajstić information content (AvgIpc) is 3.10. The van der Waals surface area contributed by atoms with Crippen molar-refractivity contribution in [1.29, 1.82) is 0 Å². The van der Waals surface area contributed by atoms with Gasteiger partial charge in [-0.25, -0.2) is 0 Å². The molecule has 0 aliphatic carbocycles. The lowest BCUT2D eigenvalue weighted by Gasteiger charge is -2.28. The predicted octanol–water partition coefficient (Wildman–Crippen LogP) is 4.70. The lowest BCUT2D eigenvalue weighted by atomic mass is 10.0. The summed E-state index contributed by atoms with van der Waals surface area (Å²) in [7, 11) is -0.553. The van der Waals surface area contributed by atoms with Gasteiger partial charge in [0.1, 0.15) is 24.2 Å². The van der Waals surface area contributed by atoms with E-state index in [-0.39, 0.29) is 21.0 Å². The molecule has 0 aromatic heterocycles. The Labute approximate surface area is 140 Å². The normalized spacial score (nSPS) is 22.3. The van der Waals surface area contributed by atoms with Crippen molar-refractivity contribution in [3.63, 3.8) is 0 Å². The van der Waals surface area contributed by atoms with Gasteiger partial charge in [-0.1, -0.05) is 45.0 Å². The van der Waals surface area contributed by atoms with Crippen molar-refractivity contribution >= 4 is 26.5 Å². The third-order valence-corrected chi connectivity index (χ3v) is 9.26. The minimum absolute atomic E-state index is 0.230. The van der Waals surface area contributed by atoms with E-state index >= 15 is 0 Å². The van der Waals surface area contributed by atoms with Crippen molar-refractivity contribution in [1.82, 2.24) is 0 Å². The van der Waals surface area contributed by atoms with Gasteiger partial charge < -0.3 is 9.47 Å². The first-order chi connectivity index (χ1) is 11.0. The van der Waals surface area contributed by atoms with Crippen LogP contribution in [0.1, 0.15) is 20.8 Å². The molecule has 4 rings (SSSR count). The summed E-state index contributed by atoms with van der Waals surface area (Å²) in [6, 6.07) is 13.0. The molecule has 2 aromatic rings. The molecular weight excluding hydrogens is 322 g/mol. The van der Waals surface area contributed by atoms with Crippen LogP contribution in [0.2, 0.25) is 0 Å². The highest BCUT2D eigenvalue weighted by atomic mass is 31.1. The molecule has 0 bridgehead atoms. The van der Waals surface area contributed by atoms with E-state index in [1.54, 1.807) is 0 Å². The first-order valence-electron chi connectivity index (χ1n) is 7.97. The summed E-state index contributed by atoms with van der Waals surface area (Å²) >= 11 is 0. The third kappa shape index (κ3) is 2.48. The van der Waals surface area contributed by atoms with Crippen molar-refractivity contribution in [2.75, 3.05) is 19.4 Å². The molecule has 0 fully saturated rings. The zero-order chi connectivity index (χ0) is 16.2. The summed E-state index contributed by atoms with van der Waals surface area (Å²) in [4.78, 5) is 0. The van der Waals surface area contributed by atoms with Crippen molar-refractivity contribution in [2.24, 2.45) is 0 Å². The molecule has 0 N–H and O–H groups in total. The summed E-state index contributed by atoms with van der Waals surface area (Å²) in [6.45, 7) is 9.31. The highest BCUT2D eigenvalue weighted by molar-refractivity contribution is 7.68. The smallest absolute Gasteiger partial charge is 0.128 e. The molecule has 0 amide bonds. The fourth-order valence-corrected chi connectivity index (χ4v) is 7.27. The Kier molecular flexibility index (Phi) is 3.67. The van der Waals surface area contributed by atoms with Crippen LogP contribution in [-0.2, 0) is 0 Å². The van der Waals surface area contributed by atoms with Crippen LogP contribution in [0.5, 0.6) is 11.5 Å². The van der Waals surface area contributed by atoms with E-state index in [0.29, 0.717) is 0 Å². The molecule has 2 atom stereocenters. The summed E-state index contributed by atoms with van der Waals surface area (Å²) in [5.74, 6) is 2.16. The van der Waals surface area contributed by atoms with E-state index in [1.165, 1.54) is 21.7 Å². The highest BCUT2D eigenvalue weighted by Crippen LogP contribution is 2.56. The van der Waals surface area contributed by atoms with E-state index < -0.39 is 0 Å². The molecule has 2 aliphatic rings. The molecule has 0 saturated carbocycles. The maximum atomic E-state index is 6.05. The number of benzene rings is 2. The molecular formula is C19H22O2P2. The SMILES string of the molecule is C[P@]1COc2cccc(-c3cccc4c3[P@@](C(C)(C)C)CO4)c21.